The van der Waals surface area contributed by atoms with E-state index in [-0.39, 0.29) is 95.5 Å². The second-order valence-corrected chi connectivity index (χ2v) is 50.8. The molecule has 24 N–H and O–H groups in total. The van der Waals surface area contributed by atoms with Crippen molar-refractivity contribution >= 4 is 123 Å². The molecule has 20 rings (SSSR count). The summed E-state index contributed by atoms with van der Waals surface area (Å²) in [5.74, 6) is 4.57. The molecule has 0 spiro atoms. The van der Waals surface area contributed by atoms with Crippen molar-refractivity contribution in [3.63, 3.8) is 0 Å². The molecule has 0 aromatic heterocycles. The van der Waals surface area contributed by atoms with Gasteiger partial charge in [0, 0.05) is 24.7 Å². The maximum Gasteiger partial charge on any atom is -0.693 e. The molecule has 24 nitrogen and oxygen atoms in total. The van der Waals surface area contributed by atoms with Gasteiger partial charge in [-0.25, -0.2) is 0 Å². The summed E-state index contributed by atoms with van der Waals surface area (Å²) >= 11 is -1.89. The Kier molecular flexibility index (Phi) is 76.4. The fourth-order valence-electron chi connectivity index (χ4n) is 24.8. The van der Waals surface area contributed by atoms with Crippen LogP contribution in [0, 0.1) is 92.7 Å². The van der Waals surface area contributed by atoms with Gasteiger partial charge in [-0.2, -0.15) is 0 Å². The Morgan fingerprint density at radius 3 is 0.583 bits per heavy atom. The SMILES string of the molecule is CCCCCCCCCC(=O)O.CCCCCCCCCC(=O)O.O=C(O)C12CC3CC(CC(C3)C1)C2.O=C(O)C12CC3CC(CC(C3)C1)C2.O=C(O)CC(c1ccccc1)c1ccccc1.O=C(O)CC(c1ccccc1)c1ccccc1.O=C(O)CC12CC3CC(CC(C3)C1)C2.O=C(O)CC12CC3CC(CC(C3)C1)C2.[Cl][Pt+2][Cl].[Cl][Pt+2][Cl].[Cl][Pt+2][Cl].[Cl][Pt+2][Cl].[NH2-].[NH2-].[NH2-].[NH2-].[NH2-].[NH2-].[NH2-].[NH2-]. The Morgan fingerprint density at radius 1 is 0.265 bits per heavy atom. The van der Waals surface area contributed by atoms with Crippen LogP contribution in [0.5, 0.6) is 0 Å². The van der Waals surface area contributed by atoms with Crippen LogP contribution in [0.1, 0.15) is 330 Å². The predicted octanol–water partition coefficient (Wildman–Crippen LogP) is 34.2. The number of carboxylic acid groups (broad SMARTS) is 8. The average molecular weight is 2740 g/mol. The van der Waals surface area contributed by atoms with E-state index in [0.29, 0.717) is 25.7 Å². The number of halogens is 8. The van der Waals surface area contributed by atoms with E-state index in [1.165, 1.54) is 180 Å². The minimum atomic E-state index is -0.775. The molecular weight excluding hydrogens is 2590 g/mol. The van der Waals surface area contributed by atoms with Gasteiger partial charge < -0.3 is 90.1 Å². The smallest absolute Gasteiger partial charge is 0.693 e. The first-order valence-electron chi connectivity index (χ1n) is 44.7. The molecule has 768 valence electrons. The van der Waals surface area contributed by atoms with Crippen LogP contribution < -0.4 is 0 Å². The summed E-state index contributed by atoms with van der Waals surface area (Å²) in [6.07, 6.45) is 47.9. The van der Waals surface area contributed by atoms with E-state index in [1.54, 1.807) is 0 Å². The molecule has 4 aromatic rings. The van der Waals surface area contributed by atoms with Gasteiger partial charge in [0.1, 0.15) is 0 Å². The van der Waals surface area contributed by atoms with Crippen LogP contribution in [0.15, 0.2) is 121 Å². The first kappa shape index (κ1) is 136. The van der Waals surface area contributed by atoms with Crippen LogP contribution in [0.2, 0.25) is 0 Å². The van der Waals surface area contributed by atoms with Crippen LogP contribution in [0.25, 0.3) is 49.2 Å². The molecule has 16 aliphatic carbocycles. The summed E-state index contributed by atoms with van der Waals surface area (Å²) in [6.45, 7) is 4.40. The topological polar surface area (TPSA) is 566 Å². The molecule has 0 amide bonds. The predicted molar refractivity (Wildman–Crippen MR) is 526 cm³/mol. The van der Waals surface area contributed by atoms with E-state index >= 15 is 0 Å². The van der Waals surface area contributed by atoms with Crippen LogP contribution in [-0.2, 0) is 104 Å². The van der Waals surface area contributed by atoms with Gasteiger partial charge in [0.05, 0.1) is 36.5 Å². The van der Waals surface area contributed by atoms with Crippen molar-refractivity contribution in [2.45, 2.75) is 308 Å². The average Bonchev–Trinajstić information content (AvgIpc) is 0.740. The third-order valence-corrected chi connectivity index (χ3v) is 27.9. The minimum Gasteiger partial charge on any atom is -0.693 e. The molecule has 16 bridgehead atoms. The number of aliphatic carboxylic acids is 8. The Labute approximate surface area is 853 Å². The molecule has 0 aliphatic heterocycles. The van der Waals surface area contributed by atoms with Gasteiger partial charge in [0.2, 0.25) is 0 Å². The van der Waals surface area contributed by atoms with Crippen molar-refractivity contribution in [1.29, 1.82) is 0 Å². The Hall–Kier alpha value is -2.61. The summed E-state index contributed by atoms with van der Waals surface area (Å²) in [5.41, 5.74) is 4.05. The van der Waals surface area contributed by atoms with Crippen LogP contribution in [-0.4, -0.2) is 88.6 Å². The first-order chi connectivity index (χ1) is 59.4. The zero-order valence-corrected chi connectivity index (χ0v) is 91.6. The quantitative estimate of drug-likeness (QED) is 0.0225. The summed E-state index contributed by atoms with van der Waals surface area (Å²) in [6, 6.07) is 39.0. The van der Waals surface area contributed by atoms with Crippen LogP contribution in [0.3, 0.4) is 0 Å². The Bertz CT molecular complexity index is 3290. The van der Waals surface area contributed by atoms with E-state index in [2.05, 4.69) is 13.8 Å². The van der Waals surface area contributed by atoms with Crippen molar-refractivity contribution in [3.05, 3.63) is 193 Å². The van der Waals surface area contributed by atoms with Gasteiger partial charge in [-0.05, 0) is 271 Å². The fourth-order valence-corrected chi connectivity index (χ4v) is 24.8. The number of rotatable bonds is 30. The van der Waals surface area contributed by atoms with Crippen molar-refractivity contribution < 1.29 is 145 Å². The maximum absolute atomic E-state index is 11.3. The second-order valence-electron chi connectivity index (χ2n) is 37.6. The molecule has 0 atom stereocenters. The maximum atomic E-state index is 11.3. The monoisotopic (exact) mass is 2730 g/mol. The summed E-state index contributed by atoms with van der Waals surface area (Å²) in [7, 11) is 39.0. The van der Waals surface area contributed by atoms with E-state index in [9.17, 15) is 48.6 Å². The van der Waals surface area contributed by atoms with Crippen molar-refractivity contribution in [3.8, 4) is 0 Å². The molecule has 4 aromatic carbocycles. The number of nitrogens with two attached hydrogens (primary N) is 8. The molecule has 132 heavy (non-hydrogen) atoms. The molecule has 16 fully saturated rings. The zero-order valence-electron chi connectivity index (χ0n) is 76.5. The normalized spacial score (nSPS) is 26.0. The molecule has 16 aliphatic rings. The number of unbranched alkanes of at least 4 members (excludes halogenated alkanes) is 12. The van der Waals surface area contributed by atoms with Gasteiger partial charge in [-0.1, -0.05) is 212 Å². The molecular formula is C96H152Cl8N8O16Pt4. The number of hydrogen-bond acceptors (Lipinski definition) is 8. The standard InChI is InChI=1S/2C15H14O2.2C12H18O2.2C11H16O2.2C10H20O2.8ClH.8H2N.4Pt/c2*16-15(17)11-14(12-7-3-1-4-8-12)13-9-5-2-6-10-13;2*13-11(14)7-12-4-8-1-9(5-12)3-10(2-8)6-12;2*12-10(13)11-4-7-1-8(5-11)3-9(2-7)6-11;2*1-2-3-4-5-6-7-8-9-10(11)12;;;;;;;;;;;;;;;;;;;;/h2*1-10,14H,11H2,(H,16,17);2*8-10H,1-7H2,(H,13,14);2*7-9H,1-6H2,(H,12,13);2*2-9H2,1H3,(H,11,12);8*1H;8*1H2;;;;/q;;;;;;;;;;;;;;;;8*-1;4*+4/p-8. The number of benzene rings is 4. The Balaban J connectivity index is -0.000000692. The largest absolute Gasteiger partial charge is 0.693 e. The van der Waals surface area contributed by atoms with Gasteiger partial charge in [0.25, 0.3) is 0 Å². The van der Waals surface area contributed by atoms with Gasteiger partial charge in [-0.15, -0.1) is 0 Å². The van der Waals surface area contributed by atoms with Crippen molar-refractivity contribution in [2.75, 3.05) is 0 Å². The second kappa shape index (κ2) is 74.4. The molecule has 0 saturated heterocycles. The van der Waals surface area contributed by atoms with Gasteiger partial charge in [0.15, 0.2) is 0 Å². The Morgan fingerprint density at radius 2 is 0.432 bits per heavy atom. The summed E-state index contributed by atoms with van der Waals surface area (Å²) in [5, 5.41) is 71.2. The molecule has 0 heterocycles. The summed E-state index contributed by atoms with van der Waals surface area (Å²) in [4.78, 5) is 86.5. The van der Waals surface area contributed by atoms with Gasteiger partial charge in [-0.3, -0.25) is 38.4 Å². The molecule has 0 unspecified atom stereocenters. The molecule has 16 saturated carbocycles. The van der Waals surface area contributed by atoms with E-state index in [1.807, 2.05) is 121 Å². The zero-order chi connectivity index (χ0) is 91.1. The third-order valence-electron chi connectivity index (χ3n) is 27.9. The fraction of sp³-hybridized carbons (Fsp3) is 0.667. The van der Waals surface area contributed by atoms with Crippen molar-refractivity contribution in [2.24, 2.45) is 92.7 Å². The molecule has 0 radical (unpaired) electrons. The number of carboxylic acids is 8. The van der Waals surface area contributed by atoms with Crippen LogP contribution >= 0.6 is 75.3 Å². The number of carbonyl (C=O) groups is 8. The third kappa shape index (κ3) is 50.2. The van der Waals surface area contributed by atoms with Crippen LogP contribution in [0.4, 0.5) is 0 Å². The van der Waals surface area contributed by atoms with E-state index in [0.717, 1.165) is 157 Å². The first-order valence-corrected chi connectivity index (χ1v) is 67.2. The van der Waals surface area contributed by atoms with Crippen molar-refractivity contribution in [1.82, 2.24) is 0 Å². The molecule has 36 heteroatoms. The summed E-state index contributed by atoms with van der Waals surface area (Å²) < 4.78 is 0. The van der Waals surface area contributed by atoms with Gasteiger partial charge >= 0.3 is 189 Å². The minimum absolute atomic E-state index is 0. The van der Waals surface area contributed by atoms with E-state index in [4.69, 9.17) is 106 Å². The number of hydrogen-bond donors (Lipinski definition) is 8. The van der Waals surface area contributed by atoms with E-state index < -0.39 is 114 Å².